The maximum absolute atomic E-state index is 2.50. The Morgan fingerprint density at radius 3 is 1.55 bits per heavy atom. The lowest BCUT2D eigenvalue weighted by Gasteiger charge is -2.30. The minimum absolute atomic E-state index is 0.235. The number of allylic oxidation sites excluding steroid dienone is 2. The molecule has 3 heterocycles. The quantitative estimate of drug-likeness (QED) is 0.143. The van der Waals surface area contributed by atoms with Crippen LogP contribution in [0.25, 0.3) is 58.8 Å². The van der Waals surface area contributed by atoms with Crippen LogP contribution >= 0.6 is 11.3 Å². The van der Waals surface area contributed by atoms with Gasteiger partial charge in [0, 0.05) is 83.3 Å². The highest BCUT2D eigenvalue weighted by atomic mass is 32.1. The van der Waals surface area contributed by atoms with Crippen molar-refractivity contribution in [1.29, 1.82) is 0 Å². The first kappa shape index (κ1) is 41.1. The minimum Gasteiger partial charge on any atom is -0.333 e. The molecule has 0 saturated carbocycles. The number of anilines is 8. The summed E-state index contributed by atoms with van der Waals surface area (Å²) >= 11 is 1.89. The highest BCUT2D eigenvalue weighted by molar-refractivity contribution is 7.26. The molecular weight excluding hydrogens is 881 g/mol. The van der Waals surface area contributed by atoms with Crippen LogP contribution in [0.4, 0.5) is 45.5 Å². The van der Waals surface area contributed by atoms with Crippen molar-refractivity contribution in [3.05, 3.63) is 273 Å². The van der Waals surface area contributed by atoms with Gasteiger partial charge in [-0.05, 0) is 120 Å². The van der Waals surface area contributed by atoms with E-state index >= 15 is 0 Å². The monoisotopic (exact) mass is 926 g/mol. The molecule has 0 N–H and O–H groups in total. The number of hydrogen-bond acceptors (Lipinski definition) is 4. The molecule has 0 saturated heterocycles. The Kier molecular flexibility index (Phi) is 9.81. The van der Waals surface area contributed by atoms with Crippen molar-refractivity contribution in [1.82, 2.24) is 4.57 Å². The lowest BCUT2D eigenvalue weighted by Crippen LogP contribution is -2.28. The molecule has 2 atom stereocenters. The van der Waals surface area contributed by atoms with Gasteiger partial charge in [0.25, 0.3) is 0 Å². The first-order chi connectivity index (χ1) is 35.2. The molecule has 1 aliphatic carbocycles. The van der Waals surface area contributed by atoms with Crippen LogP contribution in [0, 0.1) is 0 Å². The van der Waals surface area contributed by atoms with Crippen LogP contribution in [0.3, 0.4) is 0 Å². The molecule has 14 rings (SSSR count). The standard InChI is InChI=1S/C66H46N4S/c1-5-17-47(18-6-1)67(53-37-39-56-55-25-13-15-27-61(55)69(62(56)43-53)49-21-9-3-10-22-49)51-33-29-45(30-34-51)46-31-35-52(36-32-46)68(48-19-7-2-8-20-48)54-38-40-57-59-41-42-60-58-26-14-16-28-64(58)71-66(60)65(59)70(63(57)44-54)50-23-11-4-12-24-50/h1-44,55,61H. The zero-order chi connectivity index (χ0) is 46.8. The fraction of sp³-hybridized carbons (Fsp3) is 0.0303. The van der Waals surface area contributed by atoms with Crippen molar-refractivity contribution >= 4 is 98.8 Å². The normalized spacial score (nSPS) is 14.9. The highest BCUT2D eigenvalue weighted by Gasteiger charge is 2.38. The first-order valence-electron chi connectivity index (χ1n) is 24.4. The molecule has 2 aromatic heterocycles. The van der Waals surface area contributed by atoms with Crippen molar-refractivity contribution < 1.29 is 0 Å². The van der Waals surface area contributed by atoms with Gasteiger partial charge in [0.05, 0.1) is 21.8 Å². The fourth-order valence-corrected chi connectivity index (χ4v) is 12.5. The van der Waals surface area contributed by atoms with Crippen LogP contribution in [0.15, 0.2) is 267 Å². The van der Waals surface area contributed by atoms with Gasteiger partial charge in [-0.1, -0.05) is 164 Å². The Hall–Kier alpha value is -8.90. The molecule has 2 unspecified atom stereocenters. The van der Waals surface area contributed by atoms with Crippen LogP contribution in [0.2, 0.25) is 0 Å². The third kappa shape index (κ3) is 6.88. The second-order valence-electron chi connectivity index (χ2n) is 18.5. The van der Waals surface area contributed by atoms with Crippen LogP contribution < -0.4 is 14.7 Å². The molecule has 12 aromatic rings. The number of benzene rings is 10. The SMILES string of the molecule is C1=CC2c3ccc(N(c4ccccc4)c4ccc(-c5ccc(N(c6ccccc6)c6ccc7c8ccc9c%10ccccc%10sc9c8n(-c8ccccc8)c7c6)cc5)cc4)cc3N(c3ccccc3)C2C=C1. The Bertz CT molecular complexity index is 3990. The molecule has 336 valence electrons. The van der Waals surface area contributed by atoms with Crippen LogP contribution in [-0.4, -0.2) is 10.6 Å². The number of fused-ring (bicyclic) bond motifs is 10. The lowest BCUT2D eigenvalue weighted by molar-refractivity contribution is 0.745. The van der Waals surface area contributed by atoms with Gasteiger partial charge in [0.2, 0.25) is 0 Å². The van der Waals surface area contributed by atoms with E-state index < -0.39 is 0 Å². The molecular formula is C66H46N4S. The summed E-state index contributed by atoms with van der Waals surface area (Å²) in [4.78, 5) is 7.26. The summed E-state index contributed by atoms with van der Waals surface area (Å²) in [6.07, 6.45) is 9.06. The van der Waals surface area contributed by atoms with Crippen LogP contribution in [0.5, 0.6) is 0 Å². The maximum atomic E-state index is 2.50. The number of para-hydroxylation sites is 4. The summed E-state index contributed by atoms with van der Waals surface area (Å²) in [5.74, 6) is 0.301. The fourth-order valence-electron chi connectivity index (χ4n) is 11.3. The molecule has 0 spiro atoms. The third-order valence-corrected chi connectivity index (χ3v) is 15.7. The second-order valence-corrected chi connectivity index (χ2v) is 19.5. The maximum Gasteiger partial charge on any atom is 0.0719 e. The van der Waals surface area contributed by atoms with E-state index in [4.69, 9.17) is 0 Å². The summed E-state index contributed by atoms with van der Waals surface area (Å²) in [6.45, 7) is 0. The summed E-state index contributed by atoms with van der Waals surface area (Å²) < 4.78 is 5.10. The van der Waals surface area contributed by atoms with Gasteiger partial charge in [0.1, 0.15) is 0 Å². The molecule has 10 aromatic carbocycles. The molecule has 5 heteroatoms. The van der Waals surface area contributed by atoms with E-state index in [2.05, 4.69) is 286 Å². The van der Waals surface area contributed by atoms with Gasteiger partial charge in [-0.2, -0.15) is 0 Å². The number of thiophene rings is 1. The average molecular weight is 927 g/mol. The number of hydrogen-bond donors (Lipinski definition) is 0. The second kappa shape index (κ2) is 17.0. The lowest BCUT2D eigenvalue weighted by atomic mass is 9.91. The smallest absolute Gasteiger partial charge is 0.0719 e. The summed E-state index contributed by atoms with van der Waals surface area (Å²) in [7, 11) is 0. The van der Waals surface area contributed by atoms with E-state index in [-0.39, 0.29) is 6.04 Å². The van der Waals surface area contributed by atoms with Gasteiger partial charge >= 0.3 is 0 Å². The zero-order valence-corrected chi connectivity index (χ0v) is 39.6. The minimum atomic E-state index is 0.235. The molecule has 4 nitrogen and oxygen atoms in total. The molecule has 2 aliphatic rings. The van der Waals surface area contributed by atoms with Crippen molar-refractivity contribution in [2.45, 2.75) is 12.0 Å². The van der Waals surface area contributed by atoms with Crippen molar-refractivity contribution in [2.24, 2.45) is 0 Å². The largest absolute Gasteiger partial charge is 0.333 e. The first-order valence-corrected chi connectivity index (χ1v) is 25.2. The highest BCUT2D eigenvalue weighted by Crippen LogP contribution is 2.51. The van der Waals surface area contributed by atoms with Crippen molar-refractivity contribution in [2.75, 3.05) is 14.7 Å². The van der Waals surface area contributed by atoms with Gasteiger partial charge in [-0.15, -0.1) is 11.3 Å². The van der Waals surface area contributed by atoms with Gasteiger partial charge < -0.3 is 19.3 Å². The van der Waals surface area contributed by atoms with Crippen LogP contribution in [-0.2, 0) is 0 Å². The topological polar surface area (TPSA) is 14.7 Å². The Labute approximate surface area is 417 Å². The van der Waals surface area contributed by atoms with E-state index in [0.29, 0.717) is 5.92 Å². The van der Waals surface area contributed by atoms with Crippen molar-refractivity contribution in [3.63, 3.8) is 0 Å². The average Bonchev–Trinajstić information content (AvgIpc) is 4.10. The van der Waals surface area contributed by atoms with Crippen molar-refractivity contribution in [3.8, 4) is 16.8 Å². The molecule has 0 bridgehead atoms. The summed E-state index contributed by atoms with van der Waals surface area (Å²) in [5, 5.41) is 5.11. The Morgan fingerprint density at radius 2 is 0.887 bits per heavy atom. The van der Waals surface area contributed by atoms with E-state index in [1.54, 1.807) is 0 Å². The van der Waals surface area contributed by atoms with E-state index in [0.717, 1.165) is 50.9 Å². The summed E-state index contributed by atoms with van der Waals surface area (Å²) in [6, 6.07) is 88.8. The predicted octanol–water partition coefficient (Wildman–Crippen LogP) is 18.5. The van der Waals surface area contributed by atoms with Gasteiger partial charge in [0.15, 0.2) is 0 Å². The zero-order valence-electron chi connectivity index (χ0n) is 38.8. The third-order valence-electron chi connectivity index (χ3n) is 14.5. The number of nitrogens with zero attached hydrogens (tertiary/aromatic N) is 4. The van der Waals surface area contributed by atoms with E-state index in [1.807, 2.05) is 11.3 Å². The molecule has 1 aliphatic heterocycles. The Morgan fingerprint density at radius 1 is 0.380 bits per heavy atom. The predicted molar refractivity (Wildman–Crippen MR) is 302 cm³/mol. The number of aromatic nitrogens is 1. The van der Waals surface area contributed by atoms with Gasteiger partial charge in [-0.3, -0.25) is 0 Å². The molecule has 0 amide bonds. The molecule has 71 heavy (non-hydrogen) atoms. The van der Waals surface area contributed by atoms with Gasteiger partial charge in [-0.25, -0.2) is 0 Å². The van der Waals surface area contributed by atoms with E-state index in [1.165, 1.54) is 58.9 Å². The molecule has 0 fully saturated rings. The van der Waals surface area contributed by atoms with E-state index in [9.17, 15) is 0 Å². The van der Waals surface area contributed by atoms with Crippen LogP contribution in [0.1, 0.15) is 11.5 Å². The summed E-state index contributed by atoms with van der Waals surface area (Å²) in [5.41, 5.74) is 16.3. The molecule has 0 radical (unpaired) electrons. The number of rotatable bonds is 9. The Balaban J connectivity index is 0.833.